The van der Waals surface area contributed by atoms with Crippen LogP contribution < -0.4 is 5.32 Å². The molecule has 2 aromatic heterocycles. The van der Waals surface area contributed by atoms with Crippen molar-refractivity contribution in [2.45, 2.75) is 12.8 Å². The molecule has 0 saturated carbocycles. The fraction of sp³-hybridized carbons (Fsp3) is 0.188. The summed E-state index contributed by atoms with van der Waals surface area (Å²) in [7, 11) is 0. The highest BCUT2D eigenvalue weighted by atomic mass is 32.1. The third kappa shape index (κ3) is 3.32. The smallest absolute Gasteiger partial charge is 0.265 e. The average molecular weight is 317 g/mol. The number of benzene rings is 1. The van der Waals surface area contributed by atoms with Crippen LogP contribution in [-0.4, -0.2) is 17.6 Å². The number of fused-ring (bicyclic) bond motifs is 1. The van der Waals surface area contributed by atoms with Gasteiger partial charge in [0.15, 0.2) is 0 Å². The van der Waals surface area contributed by atoms with E-state index in [2.05, 4.69) is 5.32 Å². The molecule has 3 aromatic rings. The lowest BCUT2D eigenvalue weighted by atomic mass is 10.1. The molecule has 0 aliphatic heterocycles. The molecule has 108 valence electrons. The fourth-order valence-electron chi connectivity index (χ4n) is 2.16. The number of hydrogen-bond acceptors (Lipinski definition) is 4. The van der Waals surface area contributed by atoms with Gasteiger partial charge in [-0.05, 0) is 48.1 Å². The van der Waals surface area contributed by atoms with Gasteiger partial charge in [0.2, 0.25) is 0 Å². The number of hydrogen-bond donors (Lipinski definition) is 2. The summed E-state index contributed by atoms with van der Waals surface area (Å²) in [6.45, 7) is 0.183. The number of thiophene rings is 2. The normalized spacial score (nSPS) is 10.9. The minimum Gasteiger partial charge on any atom is -0.396 e. The number of aryl methyl sites for hydroxylation is 1. The maximum absolute atomic E-state index is 12.3. The van der Waals surface area contributed by atoms with Crippen LogP contribution in [0.3, 0.4) is 0 Å². The van der Waals surface area contributed by atoms with Gasteiger partial charge in [0.25, 0.3) is 5.91 Å². The molecule has 1 aromatic carbocycles. The predicted octanol–water partition coefficient (Wildman–Crippen LogP) is 4.14. The van der Waals surface area contributed by atoms with E-state index in [0.717, 1.165) is 38.4 Å². The Morgan fingerprint density at radius 3 is 2.90 bits per heavy atom. The Hall–Kier alpha value is -1.69. The third-order valence-corrected chi connectivity index (χ3v) is 5.26. The largest absolute Gasteiger partial charge is 0.396 e. The number of carbonyl (C=O) groups is 1. The van der Waals surface area contributed by atoms with E-state index < -0.39 is 0 Å². The standard InChI is InChI=1S/C16H15NO2S2/c18-7-2-4-11-3-1-5-12(9-11)17-16(19)15-10-14-13(21-15)6-8-20-14/h1,3,5-6,8-10,18H,2,4,7H2,(H,17,19). The Balaban J connectivity index is 1.73. The zero-order valence-corrected chi connectivity index (χ0v) is 13.0. The number of aliphatic hydroxyl groups excluding tert-OH is 1. The second kappa shape index (κ2) is 6.39. The fourth-order valence-corrected chi connectivity index (χ4v) is 4.16. The summed E-state index contributed by atoms with van der Waals surface area (Å²) < 4.78 is 2.31. The lowest BCUT2D eigenvalue weighted by Gasteiger charge is -2.06. The van der Waals surface area contributed by atoms with Crippen LogP contribution in [0.5, 0.6) is 0 Å². The summed E-state index contributed by atoms with van der Waals surface area (Å²) in [5, 5.41) is 13.8. The van der Waals surface area contributed by atoms with Crippen LogP contribution in [0.2, 0.25) is 0 Å². The predicted molar refractivity (Wildman–Crippen MR) is 89.5 cm³/mol. The van der Waals surface area contributed by atoms with Crippen LogP contribution >= 0.6 is 22.7 Å². The molecule has 21 heavy (non-hydrogen) atoms. The minimum atomic E-state index is -0.0669. The van der Waals surface area contributed by atoms with Crippen molar-refractivity contribution in [1.29, 1.82) is 0 Å². The summed E-state index contributed by atoms with van der Waals surface area (Å²) in [6.07, 6.45) is 1.55. The molecule has 0 aliphatic rings. The topological polar surface area (TPSA) is 49.3 Å². The van der Waals surface area contributed by atoms with Gasteiger partial charge in [-0.2, -0.15) is 0 Å². The minimum absolute atomic E-state index is 0.0669. The molecule has 0 aliphatic carbocycles. The summed E-state index contributed by atoms with van der Waals surface area (Å²) in [4.78, 5) is 13.0. The first-order valence-electron chi connectivity index (χ1n) is 6.74. The van der Waals surface area contributed by atoms with Crippen LogP contribution in [0.25, 0.3) is 9.40 Å². The van der Waals surface area contributed by atoms with E-state index in [1.165, 1.54) is 11.3 Å². The van der Waals surface area contributed by atoms with Crippen LogP contribution in [0, 0.1) is 0 Å². The molecule has 3 rings (SSSR count). The van der Waals surface area contributed by atoms with Gasteiger partial charge in [-0.3, -0.25) is 4.79 Å². The molecule has 0 atom stereocenters. The lowest BCUT2D eigenvalue weighted by Crippen LogP contribution is -2.10. The second-order valence-electron chi connectivity index (χ2n) is 4.74. The van der Waals surface area contributed by atoms with Gasteiger partial charge in [0, 0.05) is 21.7 Å². The molecule has 0 fully saturated rings. The maximum Gasteiger partial charge on any atom is 0.265 e. The van der Waals surface area contributed by atoms with E-state index in [4.69, 9.17) is 5.11 Å². The number of carbonyl (C=O) groups excluding carboxylic acids is 1. The van der Waals surface area contributed by atoms with E-state index in [-0.39, 0.29) is 12.5 Å². The number of aliphatic hydroxyl groups is 1. The highest BCUT2D eigenvalue weighted by Crippen LogP contribution is 2.30. The first-order chi connectivity index (χ1) is 10.3. The van der Waals surface area contributed by atoms with Crippen molar-refractivity contribution in [2.24, 2.45) is 0 Å². The van der Waals surface area contributed by atoms with Crippen LogP contribution in [-0.2, 0) is 6.42 Å². The van der Waals surface area contributed by atoms with Gasteiger partial charge >= 0.3 is 0 Å². The van der Waals surface area contributed by atoms with Crippen molar-refractivity contribution in [1.82, 2.24) is 0 Å². The van der Waals surface area contributed by atoms with Crippen molar-refractivity contribution in [3.63, 3.8) is 0 Å². The quantitative estimate of drug-likeness (QED) is 0.743. The zero-order valence-electron chi connectivity index (χ0n) is 11.3. The molecule has 1 amide bonds. The van der Waals surface area contributed by atoms with Crippen LogP contribution in [0.15, 0.2) is 41.8 Å². The van der Waals surface area contributed by atoms with Gasteiger partial charge < -0.3 is 10.4 Å². The van der Waals surface area contributed by atoms with Crippen molar-refractivity contribution in [3.05, 3.63) is 52.2 Å². The van der Waals surface area contributed by atoms with Crippen LogP contribution in [0.1, 0.15) is 21.7 Å². The Kier molecular flexibility index (Phi) is 4.34. The van der Waals surface area contributed by atoms with Crippen molar-refractivity contribution < 1.29 is 9.90 Å². The first-order valence-corrected chi connectivity index (χ1v) is 8.44. The summed E-state index contributed by atoms with van der Waals surface area (Å²) >= 11 is 3.16. The molecule has 0 unspecified atom stereocenters. The van der Waals surface area contributed by atoms with Crippen molar-refractivity contribution >= 4 is 43.7 Å². The Morgan fingerprint density at radius 2 is 2.10 bits per heavy atom. The lowest BCUT2D eigenvalue weighted by molar-refractivity contribution is 0.103. The Labute approximate surface area is 130 Å². The molecule has 0 bridgehead atoms. The Morgan fingerprint density at radius 1 is 1.19 bits per heavy atom. The van der Waals surface area contributed by atoms with E-state index in [0.29, 0.717) is 0 Å². The SMILES string of the molecule is O=C(Nc1cccc(CCCO)c1)c1cc2sccc2s1. The van der Waals surface area contributed by atoms with Gasteiger partial charge in [-0.15, -0.1) is 22.7 Å². The van der Waals surface area contributed by atoms with Gasteiger partial charge in [0.1, 0.15) is 0 Å². The zero-order chi connectivity index (χ0) is 14.7. The first kappa shape index (κ1) is 14.3. The number of nitrogens with one attached hydrogen (secondary N) is 1. The summed E-state index contributed by atoms with van der Waals surface area (Å²) in [5.41, 5.74) is 1.92. The van der Waals surface area contributed by atoms with Crippen LogP contribution in [0.4, 0.5) is 5.69 Å². The molecular formula is C16H15NO2S2. The molecule has 2 N–H and O–H groups in total. The summed E-state index contributed by atoms with van der Waals surface area (Å²) in [5.74, 6) is -0.0669. The second-order valence-corrected chi connectivity index (χ2v) is 6.77. The number of amides is 1. The number of anilines is 1. The molecule has 0 radical (unpaired) electrons. The molecule has 0 spiro atoms. The van der Waals surface area contributed by atoms with Crippen molar-refractivity contribution in [3.8, 4) is 0 Å². The van der Waals surface area contributed by atoms with Gasteiger partial charge in [-0.25, -0.2) is 0 Å². The Bertz CT molecular complexity index is 732. The number of rotatable bonds is 5. The molecule has 0 saturated heterocycles. The average Bonchev–Trinajstić information content (AvgIpc) is 3.06. The highest BCUT2D eigenvalue weighted by Gasteiger charge is 2.11. The van der Waals surface area contributed by atoms with Gasteiger partial charge in [-0.1, -0.05) is 12.1 Å². The van der Waals surface area contributed by atoms with E-state index in [1.54, 1.807) is 11.3 Å². The maximum atomic E-state index is 12.3. The molecule has 5 heteroatoms. The summed E-state index contributed by atoms with van der Waals surface area (Å²) in [6, 6.07) is 11.8. The van der Waals surface area contributed by atoms with E-state index in [1.807, 2.05) is 41.8 Å². The highest BCUT2D eigenvalue weighted by molar-refractivity contribution is 7.27. The van der Waals surface area contributed by atoms with E-state index in [9.17, 15) is 4.79 Å². The van der Waals surface area contributed by atoms with Crippen molar-refractivity contribution in [2.75, 3.05) is 11.9 Å². The molecule has 2 heterocycles. The third-order valence-electron chi connectivity index (χ3n) is 3.17. The van der Waals surface area contributed by atoms with Gasteiger partial charge in [0.05, 0.1) is 4.88 Å². The monoisotopic (exact) mass is 317 g/mol. The molecule has 3 nitrogen and oxygen atoms in total. The van der Waals surface area contributed by atoms with E-state index >= 15 is 0 Å². The molecular weight excluding hydrogens is 302 g/mol.